The van der Waals surface area contributed by atoms with Crippen molar-refractivity contribution in [2.24, 2.45) is 0 Å². The lowest BCUT2D eigenvalue weighted by atomic mass is 10.0. The number of carbonyl (C=O) groups excluding carboxylic acids is 7. The summed E-state index contributed by atoms with van der Waals surface area (Å²) in [5, 5.41) is 84.7. The van der Waals surface area contributed by atoms with Gasteiger partial charge < -0.3 is 97.7 Å². The summed E-state index contributed by atoms with van der Waals surface area (Å²) < 4.78 is 29.0. The van der Waals surface area contributed by atoms with Crippen LogP contribution in [0.1, 0.15) is 56.1 Å². The standard InChI is InChI=1S/C56H82N12O27P2/c69-42(15-14-41(54(87)88)68-24-22-66(31-48(77)78)20-18-65(30-47(75)76)19-21-67(23-25-68)32-49(79)80)58-28-43(70)60-40(51(82)59-29-44(71)64-56(96(90)91)97(92,93)94)27-35-9-11-36(12-10-35)95-33-45(72)61-39(26-34-6-2-1-3-7-34)50(81)57-17-5-4-8-37(52(83)84)62-55(89)63-38(53(85)86)13-16-46(73)74/h1-3,6-7,9-12,37-41,56,96H,4-5,8,13-33H2,(H,57,81)(H,58,69)(H,59,82)(H,60,70)(H,61,72)(H,64,71)(H,73,74)(H,75,76)(H,77,78)(H,79,80)(H,83,84)(H,85,86)(H,87,88)(H,90,91)(H2,62,63,89)(H2,92,93,94)/t37-,38-,39-,40-,41?,56?/m0/s1. The normalized spacial score (nSPS) is 15.8. The minimum Gasteiger partial charge on any atom is -0.484 e. The van der Waals surface area contributed by atoms with E-state index < -0.39 is 193 Å². The number of benzene rings is 2. The quantitative estimate of drug-likeness (QED) is 0.0219. The van der Waals surface area contributed by atoms with Gasteiger partial charge in [0.15, 0.2) is 6.61 Å². The molecular weight excluding hydrogens is 1330 g/mol. The van der Waals surface area contributed by atoms with Gasteiger partial charge in [0.05, 0.1) is 32.7 Å². The van der Waals surface area contributed by atoms with E-state index >= 15 is 0 Å². The Labute approximate surface area is 554 Å². The SMILES string of the molecule is O=C(O)CC[C@H](NC(=O)N[C@@H](CCCCNC(=O)[C@H](Cc1ccccc1)NC(=O)COc1ccc(C[C@H](NC(=O)CNC(=O)CCC(C(=O)O)N2CCN(CC(=O)O)CCN(CC(=O)O)CCN(CC(=O)O)CC2)C(=O)NCC(=O)NC([PH](=O)O)P(=O)(O)O)cc1)C(=O)O)C(=O)O. The topological polar surface area (TPSA) is 594 Å². The number of hydrogen-bond donors (Lipinski definition) is 18. The average Bonchev–Trinajstić information content (AvgIpc) is 1.06. The second kappa shape index (κ2) is 42.4. The van der Waals surface area contributed by atoms with Gasteiger partial charge in [-0.05, 0) is 55.4 Å². The molecule has 538 valence electrons. The molecule has 7 atom stereocenters. The van der Waals surface area contributed by atoms with Crippen molar-refractivity contribution in [3.05, 3.63) is 65.7 Å². The van der Waals surface area contributed by atoms with Crippen molar-refractivity contribution in [3.63, 3.8) is 0 Å². The van der Waals surface area contributed by atoms with E-state index in [0.717, 1.165) is 0 Å². The minimum atomic E-state index is -5.37. The summed E-state index contributed by atoms with van der Waals surface area (Å²) in [4.78, 5) is 208. The summed E-state index contributed by atoms with van der Waals surface area (Å²) in [6, 6.07) is 5.56. The Balaban J connectivity index is 1.71. The molecule has 41 heteroatoms. The van der Waals surface area contributed by atoms with Gasteiger partial charge >= 0.3 is 55.4 Å². The van der Waals surface area contributed by atoms with Gasteiger partial charge in [0.1, 0.15) is 36.0 Å². The molecule has 97 heavy (non-hydrogen) atoms. The first-order valence-corrected chi connectivity index (χ1v) is 33.1. The van der Waals surface area contributed by atoms with Crippen LogP contribution in [0.5, 0.6) is 5.75 Å². The summed E-state index contributed by atoms with van der Waals surface area (Å²) in [5.41, 5.74) is -1.58. The van der Waals surface area contributed by atoms with Crippen molar-refractivity contribution in [3.8, 4) is 5.75 Å². The molecule has 3 unspecified atom stereocenters. The van der Waals surface area contributed by atoms with Gasteiger partial charge in [-0.3, -0.25) is 81.5 Å². The van der Waals surface area contributed by atoms with Crippen LogP contribution in [0.3, 0.4) is 0 Å². The van der Waals surface area contributed by atoms with Crippen LogP contribution in [0.4, 0.5) is 4.79 Å². The fourth-order valence-corrected chi connectivity index (χ4v) is 11.2. The summed E-state index contributed by atoms with van der Waals surface area (Å²) in [6.07, 6.45) is -2.20. The number of carbonyl (C=O) groups is 14. The maximum absolute atomic E-state index is 13.6. The molecule has 0 saturated carbocycles. The number of carboxylic acid groups (broad SMARTS) is 7. The van der Waals surface area contributed by atoms with E-state index in [1.54, 1.807) is 35.6 Å². The van der Waals surface area contributed by atoms with Gasteiger partial charge in [-0.1, -0.05) is 42.5 Å². The summed E-state index contributed by atoms with van der Waals surface area (Å²) in [5.74, 6) is -15.0. The summed E-state index contributed by atoms with van der Waals surface area (Å²) >= 11 is 0. The number of hydrogen-bond acceptors (Lipinski definition) is 21. The fraction of sp³-hybridized carbons (Fsp3) is 0.536. The van der Waals surface area contributed by atoms with Crippen LogP contribution in [0.15, 0.2) is 54.6 Å². The Bertz CT molecular complexity index is 3100. The molecule has 2 aromatic rings. The van der Waals surface area contributed by atoms with Gasteiger partial charge in [-0.2, -0.15) is 0 Å². The van der Waals surface area contributed by atoms with Gasteiger partial charge in [-0.25, -0.2) is 14.4 Å². The van der Waals surface area contributed by atoms with Gasteiger partial charge in [0.2, 0.25) is 43.1 Å². The monoisotopic (exact) mass is 1420 g/mol. The van der Waals surface area contributed by atoms with Crippen LogP contribution in [-0.4, -0.2) is 287 Å². The maximum Gasteiger partial charge on any atom is 0.357 e. The first-order chi connectivity index (χ1) is 45.7. The van der Waals surface area contributed by atoms with Crippen LogP contribution in [0, 0.1) is 0 Å². The molecule has 3 rings (SSSR count). The lowest BCUT2D eigenvalue weighted by Gasteiger charge is -2.35. The molecule has 1 heterocycles. The molecule has 8 amide bonds. The zero-order chi connectivity index (χ0) is 72.4. The molecule has 18 N–H and O–H groups in total. The number of ether oxygens (including phenoxy) is 1. The Morgan fingerprint density at radius 2 is 0.948 bits per heavy atom. The lowest BCUT2D eigenvalue weighted by Crippen LogP contribution is -2.52. The second-order valence-corrected chi connectivity index (χ2v) is 25.4. The molecule has 1 fully saturated rings. The number of rotatable bonds is 41. The molecule has 2 aromatic carbocycles. The van der Waals surface area contributed by atoms with E-state index in [1.807, 2.05) is 5.32 Å². The van der Waals surface area contributed by atoms with E-state index in [9.17, 15) is 122 Å². The predicted molar refractivity (Wildman–Crippen MR) is 334 cm³/mol. The second-order valence-electron chi connectivity index (χ2n) is 22.0. The van der Waals surface area contributed by atoms with Crippen molar-refractivity contribution in [2.75, 3.05) is 98.2 Å². The highest BCUT2D eigenvalue weighted by atomic mass is 31.2. The zero-order valence-corrected chi connectivity index (χ0v) is 54.2. The number of nitrogens with zero attached hydrogens (tertiary/aromatic N) is 4. The zero-order valence-electron chi connectivity index (χ0n) is 52.3. The van der Waals surface area contributed by atoms with Crippen LogP contribution in [-0.2, 0) is 84.3 Å². The van der Waals surface area contributed by atoms with Gasteiger partial charge in [0, 0.05) is 84.6 Å². The number of urea groups is 1. The Kier molecular flexibility index (Phi) is 35.8. The van der Waals surface area contributed by atoms with E-state index in [4.69, 9.17) is 9.84 Å². The van der Waals surface area contributed by atoms with Crippen LogP contribution in [0.2, 0.25) is 0 Å². The Morgan fingerprint density at radius 3 is 1.42 bits per heavy atom. The average molecular weight is 1420 g/mol. The highest BCUT2D eigenvalue weighted by Gasteiger charge is 2.36. The van der Waals surface area contributed by atoms with E-state index in [0.29, 0.717) is 5.56 Å². The maximum atomic E-state index is 13.6. The third kappa shape index (κ3) is 33.8. The first kappa shape index (κ1) is 82.0. The smallest absolute Gasteiger partial charge is 0.357 e. The minimum absolute atomic E-state index is 0.00372. The van der Waals surface area contributed by atoms with Crippen molar-refractivity contribution in [2.45, 2.75) is 93.5 Å². The first-order valence-electron chi connectivity index (χ1n) is 30.0. The van der Waals surface area contributed by atoms with Crippen LogP contribution >= 0.6 is 15.6 Å². The molecule has 39 nitrogen and oxygen atoms in total. The van der Waals surface area contributed by atoms with Crippen molar-refractivity contribution in [1.82, 2.24) is 62.1 Å². The largest absolute Gasteiger partial charge is 0.484 e. The summed E-state index contributed by atoms with van der Waals surface area (Å²) in [7, 11) is -9.44. The lowest BCUT2D eigenvalue weighted by molar-refractivity contribution is -0.145. The molecule has 0 radical (unpaired) electrons. The molecule has 1 aliphatic heterocycles. The Hall–Kier alpha value is -9.20. The van der Waals surface area contributed by atoms with Crippen molar-refractivity contribution >= 4 is 98.9 Å². The molecule has 0 aliphatic carbocycles. The third-order valence-corrected chi connectivity index (χ3v) is 17.5. The number of carboxylic acids is 7. The van der Waals surface area contributed by atoms with E-state index in [2.05, 4.69) is 31.9 Å². The molecule has 1 aliphatic rings. The Morgan fingerprint density at radius 1 is 0.485 bits per heavy atom. The van der Waals surface area contributed by atoms with Crippen molar-refractivity contribution in [1.29, 1.82) is 0 Å². The van der Waals surface area contributed by atoms with Crippen LogP contribution in [0.25, 0.3) is 0 Å². The van der Waals surface area contributed by atoms with Gasteiger partial charge in [-0.15, -0.1) is 0 Å². The molecular formula is C56H82N12O27P2. The predicted octanol–water partition coefficient (Wildman–Crippen LogP) is -4.84. The van der Waals surface area contributed by atoms with Gasteiger partial charge in [0.25, 0.3) is 5.91 Å². The number of aliphatic carboxylic acids is 7. The van der Waals surface area contributed by atoms with Crippen LogP contribution < -0.4 is 47.3 Å². The number of amides is 8. The molecule has 0 spiro atoms. The number of nitrogens with one attached hydrogen (secondary N) is 8. The van der Waals surface area contributed by atoms with E-state index in [1.165, 1.54) is 43.9 Å². The third-order valence-electron chi connectivity index (χ3n) is 14.4. The fourth-order valence-electron chi connectivity index (χ4n) is 9.50. The highest BCUT2D eigenvalue weighted by Crippen LogP contribution is 2.49. The molecule has 1 saturated heterocycles. The van der Waals surface area contributed by atoms with Crippen molar-refractivity contribution < 1.29 is 131 Å². The number of unbranched alkanes of at least 4 members (excludes halogenated alkanes) is 1. The summed E-state index contributed by atoms with van der Waals surface area (Å²) in [6.45, 7) is -3.98. The molecule has 0 bridgehead atoms. The molecule has 0 aromatic heterocycles. The highest BCUT2D eigenvalue weighted by molar-refractivity contribution is 7.65. The van der Waals surface area contributed by atoms with E-state index in [-0.39, 0.29) is 109 Å².